The molecule has 0 saturated heterocycles. The van der Waals surface area contributed by atoms with E-state index in [0.29, 0.717) is 11.2 Å². The first kappa shape index (κ1) is 20.9. The highest BCUT2D eigenvalue weighted by atomic mass is 35.5. The Labute approximate surface area is 184 Å². The van der Waals surface area contributed by atoms with Crippen molar-refractivity contribution < 1.29 is 9.47 Å². The van der Waals surface area contributed by atoms with Crippen molar-refractivity contribution in [3.63, 3.8) is 0 Å². The van der Waals surface area contributed by atoms with Crippen LogP contribution in [-0.4, -0.2) is 19.5 Å². The summed E-state index contributed by atoms with van der Waals surface area (Å²) in [5.41, 5.74) is 3.31. The number of halogens is 1. The normalized spacial score (nSPS) is 27.7. The minimum atomic E-state index is 0.174. The first-order chi connectivity index (χ1) is 13.8. The fraction of sp³-hybridized carbons (Fsp3) is 0.520. The number of hydrogen-bond acceptors (Lipinski definition) is 3. The molecule has 2 nitrogen and oxygen atoms in total. The van der Waals surface area contributed by atoms with Gasteiger partial charge in [-0.25, -0.2) is 0 Å². The number of aryl methyl sites for hydroxylation is 1. The average Bonchev–Trinajstić information content (AvgIpc) is 2.70. The van der Waals surface area contributed by atoms with E-state index in [1.807, 2.05) is 23.9 Å². The van der Waals surface area contributed by atoms with Crippen molar-refractivity contribution in [2.24, 2.45) is 11.3 Å². The Bertz CT molecular complexity index is 892. The van der Waals surface area contributed by atoms with Crippen LogP contribution in [0.25, 0.3) is 0 Å². The summed E-state index contributed by atoms with van der Waals surface area (Å²) in [6, 6.07) is 12.8. The van der Waals surface area contributed by atoms with E-state index < -0.39 is 0 Å². The molecule has 0 heterocycles. The smallest absolute Gasteiger partial charge is 0.161 e. The largest absolute Gasteiger partial charge is 0.493 e. The second-order valence-corrected chi connectivity index (χ2v) is 11.0. The molecule has 2 aliphatic carbocycles. The average molecular weight is 431 g/mol. The molecule has 0 bridgehead atoms. The molecule has 0 spiro atoms. The van der Waals surface area contributed by atoms with Crippen molar-refractivity contribution in [3.8, 4) is 11.5 Å². The molecular weight excluding hydrogens is 400 g/mol. The Morgan fingerprint density at radius 3 is 2.28 bits per heavy atom. The van der Waals surface area contributed by atoms with Crippen molar-refractivity contribution >= 4 is 23.4 Å². The monoisotopic (exact) mass is 430 g/mol. The highest BCUT2D eigenvalue weighted by molar-refractivity contribution is 8.00. The summed E-state index contributed by atoms with van der Waals surface area (Å²) in [7, 11) is 3.45. The fourth-order valence-corrected chi connectivity index (χ4v) is 7.33. The molecule has 2 aliphatic rings. The lowest BCUT2D eigenvalue weighted by atomic mass is 9.50. The second-order valence-electron chi connectivity index (χ2n) is 9.29. The van der Waals surface area contributed by atoms with Crippen LogP contribution in [0.15, 0.2) is 41.3 Å². The molecular formula is C25H31ClO2S. The second kappa shape index (κ2) is 7.74. The molecule has 2 aromatic rings. The molecule has 3 atom stereocenters. The summed E-state index contributed by atoms with van der Waals surface area (Å²) in [5, 5.41) is 1.40. The van der Waals surface area contributed by atoms with Gasteiger partial charge in [0.25, 0.3) is 0 Å². The third-order valence-electron chi connectivity index (χ3n) is 7.44. The van der Waals surface area contributed by atoms with Crippen LogP contribution in [0.1, 0.15) is 51.2 Å². The third kappa shape index (κ3) is 3.55. The topological polar surface area (TPSA) is 18.5 Å². The van der Waals surface area contributed by atoms with Crippen LogP contribution in [0.5, 0.6) is 11.5 Å². The van der Waals surface area contributed by atoms with Crippen molar-refractivity contribution in [1.29, 1.82) is 0 Å². The molecule has 0 aromatic heterocycles. The van der Waals surface area contributed by atoms with Gasteiger partial charge in [-0.05, 0) is 90.0 Å². The van der Waals surface area contributed by atoms with E-state index in [1.54, 1.807) is 14.2 Å². The Hall–Kier alpha value is -1.32. The van der Waals surface area contributed by atoms with Crippen molar-refractivity contribution in [2.45, 2.75) is 62.0 Å². The van der Waals surface area contributed by atoms with Gasteiger partial charge in [-0.3, -0.25) is 0 Å². The molecule has 0 radical (unpaired) electrons. The lowest BCUT2D eigenvalue weighted by Crippen LogP contribution is -2.53. The molecule has 29 heavy (non-hydrogen) atoms. The molecule has 4 heteroatoms. The summed E-state index contributed by atoms with van der Waals surface area (Å²) >= 11 is 8.11. The molecule has 0 amide bonds. The summed E-state index contributed by atoms with van der Waals surface area (Å²) in [6.07, 6.45) is 4.75. The zero-order valence-electron chi connectivity index (χ0n) is 18.0. The Kier molecular flexibility index (Phi) is 5.59. The SMILES string of the molecule is COc1cc2c(cc1OC)[C@@]1(C)CC[C@H](Sc3ccc(Cl)cc3)C(C)(C)[C@@H]1CC2. The maximum atomic E-state index is 6.09. The van der Waals surface area contributed by atoms with E-state index in [9.17, 15) is 0 Å². The quantitative estimate of drug-likeness (QED) is 0.512. The van der Waals surface area contributed by atoms with Crippen molar-refractivity contribution in [3.05, 3.63) is 52.5 Å². The van der Waals surface area contributed by atoms with Gasteiger partial charge in [-0.1, -0.05) is 32.4 Å². The van der Waals surface area contributed by atoms with Gasteiger partial charge in [0, 0.05) is 15.2 Å². The molecule has 1 saturated carbocycles. The standard InChI is InChI=1S/C25H31ClO2S/c1-24(2)22-11-6-16-14-20(27-4)21(28-5)15-19(16)25(22,3)13-12-23(24)29-18-9-7-17(26)8-10-18/h7-10,14-15,22-23H,6,11-13H2,1-5H3/t22-,23-,25+/m0/s1. The van der Waals surface area contributed by atoms with E-state index >= 15 is 0 Å². The molecule has 0 unspecified atom stereocenters. The van der Waals surface area contributed by atoms with E-state index in [1.165, 1.54) is 35.3 Å². The molecule has 0 N–H and O–H groups in total. The van der Waals surface area contributed by atoms with Crippen molar-refractivity contribution in [1.82, 2.24) is 0 Å². The van der Waals surface area contributed by atoms with Crippen LogP contribution in [0.4, 0.5) is 0 Å². The van der Waals surface area contributed by atoms with Crippen LogP contribution in [0, 0.1) is 11.3 Å². The summed E-state index contributed by atoms with van der Waals surface area (Å²) in [5.74, 6) is 2.34. The number of fused-ring (bicyclic) bond motifs is 3. The van der Waals surface area contributed by atoms with Gasteiger partial charge in [-0.15, -0.1) is 11.8 Å². The minimum Gasteiger partial charge on any atom is -0.493 e. The first-order valence-corrected chi connectivity index (χ1v) is 11.7. The van der Waals surface area contributed by atoms with Crippen LogP contribution in [-0.2, 0) is 11.8 Å². The van der Waals surface area contributed by atoms with Crippen molar-refractivity contribution in [2.75, 3.05) is 14.2 Å². The van der Waals surface area contributed by atoms with Gasteiger partial charge in [0.1, 0.15) is 0 Å². The molecule has 4 rings (SSSR count). The number of methoxy groups -OCH3 is 2. The van der Waals surface area contributed by atoms with E-state index in [2.05, 4.69) is 45.0 Å². The van der Waals surface area contributed by atoms with E-state index in [4.69, 9.17) is 21.1 Å². The predicted octanol–water partition coefficient (Wildman–Crippen LogP) is 7.16. The van der Waals surface area contributed by atoms with Gasteiger partial charge in [0.2, 0.25) is 0 Å². The summed E-state index contributed by atoms with van der Waals surface area (Å²) < 4.78 is 11.2. The molecule has 2 aromatic carbocycles. The zero-order chi connectivity index (χ0) is 20.8. The predicted molar refractivity (Wildman–Crippen MR) is 123 cm³/mol. The highest BCUT2D eigenvalue weighted by Gasteiger charge is 2.54. The number of hydrogen-bond donors (Lipinski definition) is 0. The number of thioether (sulfide) groups is 1. The maximum absolute atomic E-state index is 6.09. The summed E-state index contributed by atoms with van der Waals surface area (Å²) in [4.78, 5) is 1.32. The minimum absolute atomic E-state index is 0.174. The number of ether oxygens (including phenoxy) is 2. The van der Waals surface area contributed by atoms with Gasteiger partial charge in [-0.2, -0.15) is 0 Å². The Morgan fingerprint density at radius 2 is 1.62 bits per heavy atom. The van der Waals surface area contributed by atoms with Crippen LogP contribution in [0.3, 0.4) is 0 Å². The zero-order valence-corrected chi connectivity index (χ0v) is 19.6. The van der Waals surface area contributed by atoms with Gasteiger partial charge in [0.15, 0.2) is 11.5 Å². The molecule has 156 valence electrons. The highest BCUT2D eigenvalue weighted by Crippen LogP contribution is 2.60. The maximum Gasteiger partial charge on any atom is 0.161 e. The van der Waals surface area contributed by atoms with Gasteiger partial charge >= 0.3 is 0 Å². The van der Waals surface area contributed by atoms with Crippen LogP contribution in [0.2, 0.25) is 5.02 Å². The van der Waals surface area contributed by atoms with Crippen LogP contribution < -0.4 is 9.47 Å². The summed E-state index contributed by atoms with van der Waals surface area (Å²) in [6.45, 7) is 7.44. The number of benzene rings is 2. The molecule has 1 fully saturated rings. The van der Waals surface area contributed by atoms with E-state index in [-0.39, 0.29) is 10.8 Å². The lowest BCUT2D eigenvalue weighted by molar-refractivity contribution is 0.0470. The van der Waals surface area contributed by atoms with Gasteiger partial charge in [0.05, 0.1) is 14.2 Å². The first-order valence-electron chi connectivity index (χ1n) is 10.5. The van der Waals surface area contributed by atoms with Crippen LogP contribution >= 0.6 is 23.4 Å². The lowest BCUT2D eigenvalue weighted by Gasteiger charge is -2.57. The third-order valence-corrected chi connectivity index (χ3v) is 9.37. The van der Waals surface area contributed by atoms with Gasteiger partial charge < -0.3 is 9.47 Å². The van der Waals surface area contributed by atoms with E-state index in [0.717, 1.165) is 22.9 Å². The Morgan fingerprint density at radius 1 is 0.966 bits per heavy atom. The Balaban J connectivity index is 1.67. The number of rotatable bonds is 4. The molecule has 0 aliphatic heterocycles. The fourth-order valence-electron chi connectivity index (χ4n) is 5.88.